The highest BCUT2D eigenvalue weighted by Gasteiger charge is 2.33. The standard InChI is InChI=1S/C27H23Cl2N5O2/c1-16-6-3-4-9-23(16)33-26(35)24-17(2)32-27-30-15-31-34(27)25(24)19-7-5-8-20(13-19)36-14-18-10-11-21(28)22(29)12-18/h3-13,15,25H,14H2,1-2H3,(H,33,35)(H,30,31,32)/t25-/m1/s1. The lowest BCUT2D eigenvalue weighted by Crippen LogP contribution is -2.31. The van der Waals surface area contributed by atoms with Gasteiger partial charge in [0.25, 0.3) is 5.91 Å². The van der Waals surface area contributed by atoms with Crippen LogP contribution in [-0.4, -0.2) is 20.7 Å². The number of anilines is 2. The minimum Gasteiger partial charge on any atom is -0.489 e. The summed E-state index contributed by atoms with van der Waals surface area (Å²) in [7, 11) is 0. The van der Waals surface area contributed by atoms with Gasteiger partial charge in [0.2, 0.25) is 5.95 Å². The maximum atomic E-state index is 13.6. The lowest BCUT2D eigenvalue weighted by molar-refractivity contribution is -0.113. The average molecular weight is 520 g/mol. The van der Waals surface area contributed by atoms with Crippen molar-refractivity contribution in [1.82, 2.24) is 14.8 Å². The molecule has 2 heterocycles. The van der Waals surface area contributed by atoms with E-state index in [1.165, 1.54) is 6.33 Å². The van der Waals surface area contributed by atoms with Crippen LogP contribution in [0, 0.1) is 6.92 Å². The van der Waals surface area contributed by atoms with Gasteiger partial charge >= 0.3 is 0 Å². The Morgan fingerprint density at radius 1 is 1.06 bits per heavy atom. The van der Waals surface area contributed by atoms with E-state index in [-0.39, 0.29) is 5.91 Å². The SMILES string of the molecule is CC1=C(C(=O)Nc2ccccc2C)[C@@H](c2cccc(OCc3ccc(Cl)c(Cl)c3)c2)n2ncnc2N1. The Morgan fingerprint density at radius 3 is 2.69 bits per heavy atom. The summed E-state index contributed by atoms with van der Waals surface area (Å²) in [6, 6.07) is 20.2. The van der Waals surface area contributed by atoms with Gasteiger partial charge in [-0.2, -0.15) is 10.1 Å². The number of halogens is 2. The summed E-state index contributed by atoms with van der Waals surface area (Å²) in [6.07, 6.45) is 1.47. The number of carbonyl (C=O) groups is 1. The molecular weight excluding hydrogens is 497 g/mol. The number of benzene rings is 3. The van der Waals surface area contributed by atoms with E-state index in [4.69, 9.17) is 27.9 Å². The van der Waals surface area contributed by atoms with Crippen LogP contribution in [0.5, 0.6) is 5.75 Å². The largest absolute Gasteiger partial charge is 0.489 e. The summed E-state index contributed by atoms with van der Waals surface area (Å²) < 4.78 is 7.75. The molecule has 4 aromatic rings. The fraction of sp³-hybridized carbons (Fsp3) is 0.148. The summed E-state index contributed by atoms with van der Waals surface area (Å²) in [6.45, 7) is 4.14. The maximum absolute atomic E-state index is 13.6. The molecule has 5 rings (SSSR count). The topological polar surface area (TPSA) is 81.1 Å². The number of aryl methyl sites for hydroxylation is 1. The van der Waals surface area contributed by atoms with E-state index in [0.29, 0.717) is 39.6 Å². The zero-order valence-electron chi connectivity index (χ0n) is 19.6. The van der Waals surface area contributed by atoms with Crippen LogP contribution in [0.15, 0.2) is 84.3 Å². The van der Waals surface area contributed by atoms with E-state index in [1.54, 1.807) is 16.8 Å². The third-order valence-electron chi connectivity index (χ3n) is 6.00. The molecule has 0 aliphatic carbocycles. The molecule has 1 amide bonds. The van der Waals surface area contributed by atoms with Gasteiger partial charge in [0.15, 0.2) is 0 Å². The van der Waals surface area contributed by atoms with Crippen molar-refractivity contribution >= 4 is 40.7 Å². The monoisotopic (exact) mass is 519 g/mol. The minimum atomic E-state index is -0.499. The van der Waals surface area contributed by atoms with Gasteiger partial charge in [0.1, 0.15) is 24.7 Å². The van der Waals surface area contributed by atoms with Crippen molar-refractivity contribution in [2.75, 3.05) is 10.6 Å². The molecular formula is C27H23Cl2N5O2. The van der Waals surface area contributed by atoms with Gasteiger partial charge in [-0.05, 0) is 60.9 Å². The Balaban J connectivity index is 1.46. The number of ether oxygens (including phenoxy) is 1. The van der Waals surface area contributed by atoms with Crippen LogP contribution in [0.2, 0.25) is 10.0 Å². The normalized spacial score (nSPS) is 14.7. The molecule has 0 bridgehead atoms. The van der Waals surface area contributed by atoms with Crippen molar-refractivity contribution in [1.29, 1.82) is 0 Å². The van der Waals surface area contributed by atoms with Gasteiger partial charge in [-0.15, -0.1) is 0 Å². The Kier molecular flexibility index (Phi) is 6.67. The first-order valence-electron chi connectivity index (χ1n) is 11.3. The quantitative estimate of drug-likeness (QED) is 0.308. The van der Waals surface area contributed by atoms with E-state index in [9.17, 15) is 4.79 Å². The van der Waals surface area contributed by atoms with Crippen LogP contribution in [-0.2, 0) is 11.4 Å². The second-order valence-corrected chi connectivity index (χ2v) is 9.29. The molecule has 0 radical (unpaired) electrons. The molecule has 0 unspecified atom stereocenters. The number of carbonyl (C=O) groups excluding carboxylic acids is 1. The van der Waals surface area contributed by atoms with E-state index in [0.717, 1.165) is 22.4 Å². The summed E-state index contributed by atoms with van der Waals surface area (Å²) in [4.78, 5) is 17.9. The fourth-order valence-corrected chi connectivity index (χ4v) is 4.49. The summed E-state index contributed by atoms with van der Waals surface area (Å²) in [5.74, 6) is 0.990. The van der Waals surface area contributed by atoms with Crippen LogP contribution in [0.25, 0.3) is 0 Å². The number of nitrogens with one attached hydrogen (secondary N) is 2. The van der Waals surface area contributed by atoms with E-state index < -0.39 is 6.04 Å². The maximum Gasteiger partial charge on any atom is 0.255 e. The third-order valence-corrected chi connectivity index (χ3v) is 6.73. The lowest BCUT2D eigenvalue weighted by Gasteiger charge is -2.29. The summed E-state index contributed by atoms with van der Waals surface area (Å²) in [5.41, 5.74) is 4.70. The number of aromatic nitrogens is 3. The van der Waals surface area contributed by atoms with Gasteiger partial charge < -0.3 is 15.4 Å². The average Bonchev–Trinajstić information content (AvgIpc) is 3.33. The van der Waals surface area contributed by atoms with Crippen molar-refractivity contribution in [3.05, 3.63) is 111 Å². The lowest BCUT2D eigenvalue weighted by atomic mass is 9.94. The van der Waals surface area contributed by atoms with E-state index >= 15 is 0 Å². The number of fused-ring (bicyclic) bond motifs is 1. The van der Waals surface area contributed by atoms with Crippen molar-refractivity contribution < 1.29 is 9.53 Å². The summed E-state index contributed by atoms with van der Waals surface area (Å²) >= 11 is 12.2. The fourth-order valence-electron chi connectivity index (χ4n) is 4.17. The van der Waals surface area contributed by atoms with Crippen molar-refractivity contribution in [3.8, 4) is 5.75 Å². The number of hydrogen-bond acceptors (Lipinski definition) is 5. The number of rotatable bonds is 6. The number of nitrogens with zero attached hydrogens (tertiary/aromatic N) is 3. The first-order chi connectivity index (χ1) is 17.4. The molecule has 36 heavy (non-hydrogen) atoms. The Morgan fingerprint density at radius 2 is 1.89 bits per heavy atom. The molecule has 3 aromatic carbocycles. The molecule has 0 saturated heterocycles. The van der Waals surface area contributed by atoms with Gasteiger partial charge in [0.05, 0.1) is 15.6 Å². The van der Waals surface area contributed by atoms with Crippen LogP contribution in [0.1, 0.15) is 29.7 Å². The zero-order chi connectivity index (χ0) is 25.2. The first kappa shape index (κ1) is 23.9. The number of amides is 1. The molecule has 0 saturated carbocycles. The second-order valence-electron chi connectivity index (χ2n) is 8.47. The molecule has 1 aliphatic heterocycles. The van der Waals surface area contributed by atoms with Gasteiger partial charge in [-0.1, -0.05) is 59.6 Å². The van der Waals surface area contributed by atoms with Crippen molar-refractivity contribution in [2.24, 2.45) is 0 Å². The Hall–Kier alpha value is -3.81. The number of hydrogen-bond donors (Lipinski definition) is 2. The van der Waals surface area contributed by atoms with Gasteiger partial charge in [-0.3, -0.25) is 4.79 Å². The number of para-hydroxylation sites is 1. The highest BCUT2D eigenvalue weighted by Crippen LogP contribution is 2.36. The van der Waals surface area contributed by atoms with E-state index in [1.807, 2.05) is 68.4 Å². The second kappa shape index (κ2) is 10.0. The van der Waals surface area contributed by atoms with Gasteiger partial charge in [0, 0.05) is 11.4 Å². The molecule has 0 fully saturated rings. The Labute approximate surface area is 218 Å². The molecule has 1 aromatic heterocycles. The number of allylic oxidation sites excluding steroid dienone is 1. The molecule has 7 nitrogen and oxygen atoms in total. The van der Waals surface area contributed by atoms with Crippen molar-refractivity contribution in [3.63, 3.8) is 0 Å². The summed E-state index contributed by atoms with van der Waals surface area (Å²) in [5, 5.41) is 11.6. The molecule has 0 spiro atoms. The smallest absolute Gasteiger partial charge is 0.255 e. The highest BCUT2D eigenvalue weighted by molar-refractivity contribution is 6.42. The predicted octanol–water partition coefficient (Wildman–Crippen LogP) is 6.40. The molecule has 1 atom stereocenters. The van der Waals surface area contributed by atoms with Crippen molar-refractivity contribution in [2.45, 2.75) is 26.5 Å². The predicted molar refractivity (Wildman–Crippen MR) is 142 cm³/mol. The third kappa shape index (κ3) is 4.80. The van der Waals surface area contributed by atoms with Crippen LogP contribution in [0.4, 0.5) is 11.6 Å². The molecule has 182 valence electrons. The zero-order valence-corrected chi connectivity index (χ0v) is 21.1. The van der Waals surface area contributed by atoms with Gasteiger partial charge in [-0.25, -0.2) is 4.68 Å². The minimum absolute atomic E-state index is 0.220. The first-order valence-corrected chi connectivity index (χ1v) is 12.1. The molecule has 1 aliphatic rings. The van der Waals surface area contributed by atoms with Crippen LogP contribution in [0.3, 0.4) is 0 Å². The van der Waals surface area contributed by atoms with Crippen LogP contribution < -0.4 is 15.4 Å². The van der Waals surface area contributed by atoms with Crippen LogP contribution >= 0.6 is 23.2 Å². The highest BCUT2D eigenvalue weighted by atomic mass is 35.5. The van der Waals surface area contributed by atoms with E-state index in [2.05, 4.69) is 20.7 Å². The molecule has 9 heteroatoms. The molecule has 2 N–H and O–H groups in total. The Bertz CT molecular complexity index is 1480.